The molecular weight excluding hydrogens is 300 g/mol. The van der Waals surface area contributed by atoms with Gasteiger partial charge in [0.2, 0.25) is 0 Å². The van der Waals surface area contributed by atoms with E-state index in [0.29, 0.717) is 10.7 Å². The van der Waals surface area contributed by atoms with E-state index in [9.17, 15) is 0 Å². The Bertz CT molecular complexity index is 811. The van der Waals surface area contributed by atoms with Gasteiger partial charge in [-0.3, -0.25) is 0 Å². The molecule has 2 aromatic heterocycles. The van der Waals surface area contributed by atoms with Crippen molar-refractivity contribution in [2.45, 2.75) is 0 Å². The first kappa shape index (κ1) is 13.5. The number of anilines is 1. The van der Waals surface area contributed by atoms with Gasteiger partial charge in [0.1, 0.15) is 11.3 Å². The Labute approximate surface area is 132 Å². The number of nitrogens with zero attached hydrogens (tertiary/aromatic N) is 3. The number of H-pyrrole nitrogens is 1. The Morgan fingerprint density at radius 2 is 2.05 bits per heavy atom. The molecule has 3 heterocycles. The maximum Gasteiger partial charge on any atom is 0.179 e. The molecule has 1 aliphatic rings. The number of hydrogen-bond donors (Lipinski definition) is 1. The zero-order valence-corrected chi connectivity index (χ0v) is 12.7. The molecule has 1 aliphatic heterocycles. The van der Waals surface area contributed by atoms with Crippen molar-refractivity contribution in [3.05, 3.63) is 41.6 Å². The molecule has 4 rings (SSSR count). The summed E-state index contributed by atoms with van der Waals surface area (Å²) in [6.45, 7) is 3.37. The summed E-state index contributed by atoms with van der Waals surface area (Å²) in [5.41, 5.74) is 3.62. The smallest absolute Gasteiger partial charge is 0.179 e. The molecule has 0 radical (unpaired) electrons. The van der Waals surface area contributed by atoms with Crippen LogP contribution in [-0.4, -0.2) is 41.3 Å². The van der Waals surface area contributed by atoms with Crippen LogP contribution in [0.15, 0.2) is 36.5 Å². The third-order valence-corrected chi connectivity index (χ3v) is 4.15. The van der Waals surface area contributed by atoms with Gasteiger partial charge in [-0.25, -0.2) is 9.97 Å². The first-order valence-corrected chi connectivity index (χ1v) is 7.62. The van der Waals surface area contributed by atoms with Gasteiger partial charge < -0.3 is 14.6 Å². The fourth-order valence-corrected chi connectivity index (χ4v) is 2.88. The van der Waals surface area contributed by atoms with Gasteiger partial charge in [-0.1, -0.05) is 23.7 Å². The lowest BCUT2D eigenvalue weighted by Crippen LogP contribution is -2.36. The van der Waals surface area contributed by atoms with Crippen LogP contribution in [0.1, 0.15) is 0 Å². The van der Waals surface area contributed by atoms with E-state index in [1.54, 1.807) is 12.3 Å². The van der Waals surface area contributed by atoms with Gasteiger partial charge in [0, 0.05) is 30.5 Å². The second kappa shape index (κ2) is 5.59. The fourth-order valence-electron chi connectivity index (χ4n) is 2.69. The predicted octanol–water partition coefficient (Wildman–Crippen LogP) is 3.11. The topological polar surface area (TPSA) is 54.0 Å². The van der Waals surface area contributed by atoms with Crippen LogP contribution in [0.5, 0.6) is 0 Å². The van der Waals surface area contributed by atoms with E-state index in [0.717, 1.165) is 43.2 Å². The highest BCUT2D eigenvalue weighted by atomic mass is 35.5. The number of rotatable bonds is 2. The minimum atomic E-state index is 0.632. The van der Waals surface area contributed by atoms with Gasteiger partial charge in [0.15, 0.2) is 5.65 Å². The highest BCUT2D eigenvalue weighted by Crippen LogP contribution is 2.27. The van der Waals surface area contributed by atoms with E-state index in [-0.39, 0.29) is 0 Å². The lowest BCUT2D eigenvalue weighted by atomic mass is 10.1. The van der Waals surface area contributed by atoms with Crippen LogP contribution in [0.4, 0.5) is 5.69 Å². The zero-order chi connectivity index (χ0) is 14.9. The van der Waals surface area contributed by atoms with Crippen molar-refractivity contribution < 1.29 is 4.74 Å². The number of ether oxygens (including phenoxy) is 1. The average molecular weight is 315 g/mol. The monoisotopic (exact) mass is 314 g/mol. The molecule has 0 saturated carbocycles. The Kier molecular flexibility index (Phi) is 3.44. The summed E-state index contributed by atoms with van der Waals surface area (Å²) in [5, 5.41) is 0.632. The lowest BCUT2D eigenvalue weighted by molar-refractivity contribution is 0.122. The summed E-state index contributed by atoms with van der Waals surface area (Å²) < 4.78 is 5.41. The Balaban J connectivity index is 1.73. The van der Waals surface area contributed by atoms with Crippen LogP contribution < -0.4 is 4.90 Å². The molecule has 0 atom stereocenters. The van der Waals surface area contributed by atoms with Crippen molar-refractivity contribution in [2.75, 3.05) is 31.2 Å². The largest absolute Gasteiger partial charge is 0.378 e. The number of nitrogens with one attached hydrogen (secondary N) is 1. The highest BCUT2D eigenvalue weighted by molar-refractivity contribution is 6.34. The summed E-state index contributed by atoms with van der Waals surface area (Å²) in [6, 6.07) is 10.1. The fraction of sp³-hybridized carbons (Fsp3) is 0.250. The van der Waals surface area contributed by atoms with Gasteiger partial charge in [0.25, 0.3) is 0 Å². The summed E-state index contributed by atoms with van der Waals surface area (Å²) in [5.74, 6) is 0.783. The molecule has 1 aromatic carbocycles. The molecule has 1 saturated heterocycles. The molecule has 22 heavy (non-hydrogen) atoms. The van der Waals surface area contributed by atoms with E-state index in [2.05, 4.69) is 32.0 Å². The maximum atomic E-state index is 6.18. The van der Waals surface area contributed by atoms with Gasteiger partial charge in [-0.15, -0.1) is 0 Å². The third kappa shape index (κ3) is 2.42. The Morgan fingerprint density at radius 3 is 2.86 bits per heavy atom. The Hall–Kier alpha value is -2.11. The summed E-state index contributed by atoms with van der Waals surface area (Å²) in [4.78, 5) is 14.4. The van der Waals surface area contributed by atoms with E-state index in [1.165, 1.54) is 5.69 Å². The molecule has 0 unspecified atom stereocenters. The van der Waals surface area contributed by atoms with E-state index >= 15 is 0 Å². The summed E-state index contributed by atoms with van der Waals surface area (Å²) in [7, 11) is 0. The van der Waals surface area contributed by atoms with Crippen LogP contribution in [0, 0.1) is 0 Å². The van der Waals surface area contributed by atoms with Crippen LogP contribution in [-0.2, 0) is 4.74 Å². The molecule has 0 bridgehead atoms. The van der Waals surface area contributed by atoms with Gasteiger partial charge in [0.05, 0.1) is 18.2 Å². The van der Waals surface area contributed by atoms with Crippen molar-refractivity contribution in [3.63, 3.8) is 0 Å². The third-order valence-electron chi connectivity index (χ3n) is 3.84. The van der Waals surface area contributed by atoms with E-state index in [4.69, 9.17) is 16.3 Å². The highest BCUT2D eigenvalue weighted by Gasteiger charge is 2.13. The normalized spacial score (nSPS) is 15.4. The number of pyridine rings is 1. The minimum Gasteiger partial charge on any atom is -0.378 e. The second-order valence-electron chi connectivity index (χ2n) is 5.23. The van der Waals surface area contributed by atoms with Crippen molar-refractivity contribution in [3.8, 4) is 11.4 Å². The van der Waals surface area contributed by atoms with Crippen molar-refractivity contribution in [1.82, 2.24) is 15.0 Å². The number of aromatic amines is 1. The van der Waals surface area contributed by atoms with Crippen molar-refractivity contribution in [2.24, 2.45) is 0 Å². The second-order valence-corrected chi connectivity index (χ2v) is 5.63. The predicted molar refractivity (Wildman–Crippen MR) is 87.4 cm³/mol. The molecule has 1 N–H and O–H groups in total. The zero-order valence-electron chi connectivity index (χ0n) is 11.9. The lowest BCUT2D eigenvalue weighted by Gasteiger charge is -2.29. The molecule has 5 nitrogen and oxygen atoms in total. The SMILES string of the molecule is Clc1ccnc2nc(-c3cccc(N4CCOCC4)c3)[nH]c12. The van der Waals surface area contributed by atoms with Crippen molar-refractivity contribution in [1.29, 1.82) is 0 Å². The number of hydrogen-bond acceptors (Lipinski definition) is 4. The number of aromatic nitrogens is 3. The number of halogens is 1. The van der Waals surface area contributed by atoms with E-state index in [1.807, 2.05) is 12.1 Å². The molecular formula is C16H15ClN4O. The molecule has 1 fully saturated rings. The number of fused-ring (bicyclic) bond motifs is 1. The quantitative estimate of drug-likeness (QED) is 0.789. The molecule has 0 aliphatic carbocycles. The first-order chi connectivity index (χ1) is 10.8. The van der Waals surface area contributed by atoms with Gasteiger partial charge in [-0.2, -0.15) is 0 Å². The van der Waals surface area contributed by atoms with E-state index < -0.39 is 0 Å². The standard InChI is InChI=1S/C16H15ClN4O/c17-13-4-5-18-16-14(13)19-15(20-16)11-2-1-3-12(10-11)21-6-8-22-9-7-21/h1-5,10H,6-9H2,(H,18,19,20). The van der Waals surface area contributed by atoms with Gasteiger partial charge in [-0.05, 0) is 18.2 Å². The van der Waals surface area contributed by atoms with Crippen LogP contribution in [0.2, 0.25) is 5.02 Å². The maximum absolute atomic E-state index is 6.18. The number of imidazole rings is 1. The summed E-state index contributed by atoms with van der Waals surface area (Å²) >= 11 is 6.18. The first-order valence-electron chi connectivity index (χ1n) is 7.24. The van der Waals surface area contributed by atoms with Gasteiger partial charge >= 0.3 is 0 Å². The molecule has 0 amide bonds. The average Bonchev–Trinajstić information content (AvgIpc) is 3.02. The van der Waals surface area contributed by atoms with Crippen LogP contribution in [0.25, 0.3) is 22.6 Å². The number of morpholine rings is 1. The molecule has 6 heteroatoms. The summed E-state index contributed by atoms with van der Waals surface area (Å²) in [6.07, 6.45) is 1.67. The Morgan fingerprint density at radius 1 is 1.18 bits per heavy atom. The molecule has 0 spiro atoms. The van der Waals surface area contributed by atoms with Crippen LogP contribution >= 0.6 is 11.6 Å². The number of benzene rings is 1. The van der Waals surface area contributed by atoms with Crippen molar-refractivity contribution >= 4 is 28.5 Å². The molecule has 112 valence electrons. The van der Waals surface area contributed by atoms with Crippen LogP contribution in [0.3, 0.4) is 0 Å². The molecule has 3 aromatic rings. The minimum absolute atomic E-state index is 0.632.